The Morgan fingerprint density at radius 1 is 1.12 bits per heavy atom. The fourth-order valence-electron chi connectivity index (χ4n) is 2.44. The molecule has 3 rings (SSSR count). The quantitative estimate of drug-likeness (QED) is 0.659. The van der Waals surface area contributed by atoms with Crippen LogP contribution in [0.5, 0.6) is 5.75 Å². The van der Waals surface area contributed by atoms with Crippen LogP contribution in [0.1, 0.15) is 10.4 Å². The van der Waals surface area contributed by atoms with Crippen LogP contribution in [0.15, 0.2) is 67.0 Å². The molecule has 0 aliphatic carbocycles. The third kappa shape index (κ3) is 4.04. The molecule has 26 heavy (non-hydrogen) atoms. The van der Waals surface area contributed by atoms with Crippen molar-refractivity contribution in [2.75, 3.05) is 12.4 Å². The van der Waals surface area contributed by atoms with Crippen molar-refractivity contribution in [1.29, 1.82) is 0 Å². The molecule has 0 aliphatic rings. The van der Waals surface area contributed by atoms with Gasteiger partial charge in [0.15, 0.2) is 5.11 Å². The maximum atomic E-state index is 12.2. The van der Waals surface area contributed by atoms with Gasteiger partial charge in [0.05, 0.1) is 23.4 Å². The van der Waals surface area contributed by atoms with Crippen LogP contribution in [0.2, 0.25) is 5.02 Å². The van der Waals surface area contributed by atoms with E-state index in [0.29, 0.717) is 22.0 Å². The van der Waals surface area contributed by atoms with Crippen LogP contribution in [0.3, 0.4) is 0 Å². The molecular weight excluding hydrogens is 370 g/mol. The minimum Gasteiger partial charge on any atom is -0.494 e. The lowest BCUT2D eigenvalue weighted by molar-refractivity contribution is 0.0978. The molecule has 2 aromatic carbocycles. The second-order valence-corrected chi connectivity index (χ2v) is 6.18. The van der Waals surface area contributed by atoms with Crippen molar-refractivity contribution in [3.8, 4) is 11.4 Å². The molecule has 0 saturated carbocycles. The van der Waals surface area contributed by atoms with Crippen molar-refractivity contribution in [2.24, 2.45) is 0 Å². The Balaban J connectivity index is 1.71. The molecule has 0 radical (unpaired) electrons. The van der Waals surface area contributed by atoms with Gasteiger partial charge in [-0.15, -0.1) is 0 Å². The molecule has 5 nitrogen and oxygen atoms in total. The highest BCUT2D eigenvalue weighted by molar-refractivity contribution is 7.80. The largest absolute Gasteiger partial charge is 0.494 e. The molecule has 3 aromatic rings. The van der Waals surface area contributed by atoms with Gasteiger partial charge < -0.3 is 14.6 Å². The smallest absolute Gasteiger partial charge is 0.258 e. The molecule has 0 unspecified atom stereocenters. The Labute approximate surface area is 161 Å². The van der Waals surface area contributed by atoms with Crippen LogP contribution in [-0.2, 0) is 0 Å². The first kappa shape index (κ1) is 18.0. The number of halogens is 1. The number of anilines is 1. The maximum absolute atomic E-state index is 12.2. The lowest BCUT2D eigenvalue weighted by atomic mass is 10.2. The number of ether oxygens (including phenoxy) is 1. The standard InChI is InChI=1S/C19H16ClN3O2S/c1-25-17-12-13(8-9-16(17)23-10-4-5-11-23)21-19(26)22-18(24)14-6-2-3-7-15(14)20/h2-12H,1H3,(H2,21,22,24,26). The average Bonchev–Trinajstić information content (AvgIpc) is 3.16. The van der Waals surface area contributed by atoms with Crippen molar-refractivity contribution in [2.45, 2.75) is 0 Å². The second-order valence-electron chi connectivity index (χ2n) is 5.37. The topological polar surface area (TPSA) is 55.3 Å². The zero-order valence-electron chi connectivity index (χ0n) is 13.9. The number of amides is 1. The molecule has 132 valence electrons. The van der Waals surface area contributed by atoms with Gasteiger partial charge in [-0.05, 0) is 48.6 Å². The molecule has 0 spiro atoms. The number of benzene rings is 2. The van der Waals surface area contributed by atoms with Crippen LogP contribution in [-0.4, -0.2) is 22.7 Å². The average molecular weight is 386 g/mol. The second kappa shape index (κ2) is 8.03. The van der Waals surface area contributed by atoms with E-state index in [1.165, 1.54) is 0 Å². The molecule has 0 aliphatic heterocycles. The SMILES string of the molecule is COc1cc(NC(=S)NC(=O)c2ccccc2Cl)ccc1-n1cccc1. The molecule has 1 amide bonds. The fourth-order valence-corrected chi connectivity index (χ4v) is 2.87. The summed E-state index contributed by atoms with van der Waals surface area (Å²) in [5.74, 6) is 0.301. The number of methoxy groups -OCH3 is 1. The molecule has 0 fully saturated rings. The molecule has 1 heterocycles. The summed E-state index contributed by atoms with van der Waals surface area (Å²) in [6.45, 7) is 0. The van der Waals surface area contributed by atoms with Crippen molar-refractivity contribution >= 4 is 40.5 Å². The van der Waals surface area contributed by atoms with Gasteiger partial charge in [0, 0.05) is 24.1 Å². The summed E-state index contributed by atoms with van der Waals surface area (Å²) in [6.07, 6.45) is 3.86. The highest BCUT2D eigenvalue weighted by atomic mass is 35.5. The van der Waals surface area contributed by atoms with Gasteiger partial charge in [-0.1, -0.05) is 23.7 Å². The lowest BCUT2D eigenvalue weighted by Crippen LogP contribution is -2.34. The van der Waals surface area contributed by atoms with Crippen LogP contribution in [0, 0.1) is 0 Å². The van der Waals surface area contributed by atoms with E-state index in [-0.39, 0.29) is 11.0 Å². The van der Waals surface area contributed by atoms with E-state index in [2.05, 4.69) is 10.6 Å². The van der Waals surface area contributed by atoms with Crippen LogP contribution in [0.4, 0.5) is 5.69 Å². The Bertz CT molecular complexity index is 942. The van der Waals surface area contributed by atoms with Crippen molar-refractivity contribution in [3.05, 3.63) is 77.6 Å². The predicted octanol–water partition coefficient (Wildman–Crippen LogP) is 4.27. The number of hydrogen-bond acceptors (Lipinski definition) is 3. The Morgan fingerprint density at radius 3 is 2.54 bits per heavy atom. The van der Waals surface area contributed by atoms with Gasteiger partial charge in [0.2, 0.25) is 0 Å². The number of aromatic nitrogens is 1. The highest BCUT2D eigenvalue weighted by Gasteiger charge is 2.12. The van der Waals surface area contributed by atoms with E-state index >= 15 is 0 Å². The molecule has 0 atom stereocenters. The number of carbonyl (C=O) groups is 1. The van der Waals surface area contributed by atoms with E-state index in [1.54, 1.807) is 31.4 Å². The molecule has 1 aromatic heterocycles. The summed E-state index contributed by atoms with van der Waals surface area (Å²) in [5, 5.41) is 6.13. The molecule has 2 N–H and O–H groups in total. The number of nitrogens with zero attached hydrogens (tertiary/aromatic N) is 1. The van der Waals surface area contributed by atoms with E-state index < -0.39 is 0 Å². The number of rotatable bonds is 4. The number of hydrogen-bond donors (Lipinski definition) is 2. The Kier molecular flexibility index (Phi) is 5.55. The van der Waals surface area contributed by atoms with Gasteiger partial charge in [0.1, 0.15) is 5.75 Å². The van der Waals surface area contributed by atoms with Gasteiger partial charge in [0.25, 0.3) is 5.91 Å². The normalized spacial score (nSPS) is 10.2. The molecule has 0 bridgehead atoms. The highest BCUT2D eigenvalue weighted by Crippen LogP contribution is 2.26. The van der Waals surface area contributed by atoms with Gasteiger partial charge in [-0.3, -0.25) is 10.1 Å². The van der Waals surface area contributed by atoms with Crippen LogP contribution in [0.25, 0.3) is 5.69 Å². The van der Waals surface area contributed by atoms with Crippen LogP contribution < -0.4 is 15.4 Å². The summed E-state index contributed by atoms with van der Waals surface area (Å²) >= 11 is 11.2. The van der Waals surface area contributed by atoms with Crippen molar-refractivity contribution in [3.63, 3.8) is 0 Å². The van der Waals surface area contributed by atoms with E-state index in [9.17, 15) is 4.79 Å². The van der Waals surface area contributed by atoms with Crippen LogP contribution >= 0.6 is 23.8 Å². The maximum Gasteiger partial charge on any atom is 0.258 e. The number of carbonyl (C=O) groups excluding carboxylic acids is 1. The van der Waals surface area contributed by atoms with Crippen molar-refractivity contribution < 1.29 is 9.53 Å². The predicted molar refractivity (Wildman–Crippen MR) is 107 cm³/mol. The van der Waals surface area contributed by atoms with E-state index in [1.807, 2.05) is 47.3 Å². The van der Waals surface area contributed by atoms with Gasteiger partial charge in [-0.25, -0.2) is 0 Å². The van der Waals surface area contributed by atoms with Crippen molar-refractivity contribution in [1.82, 2.24) is 9.88 Å². The minimum atomic E-state index is -0.371. The Morgan fingerprint density at radius 2 is 1.85 bits per heavy atom. The number of thiocarbonyl (C=S) groups is 1. The minimum absolute atomic E-state index is 0.172. The summed E-state index contributed by atoms with van der Waals surface area (Å²) in [5.41, 5.74) is 1.95. The first-order valence-corrected chi connectivity index (χ1v) is 8.55. The third-order valence-corrected chi connectivity index (χ3v) is 4.20. The number of nitrogens with one attached hydrogen (secondary N) is 2. The summed E-state index contributed by atoms with van der Waals surface area (Å²) < 4.78 is 7.39. The van der Waals surface area contributed by atoms with E-state index in [4.69, 9.17) is 28.6 Å². The monoisotopic (exact) mass is 385 g/mol. The summed E-state index contributed by atoms with van der Waals surface area (Å²) in [7, 11) is 1.60. The van der Waals surface area contributed by atoms with Gasteiger partial charge in [-0.2, -0.15) is 0 Å². The fraction of sp³-hybridized carbons (Fsp3) is 0.0526. The zero-order valence-corrected chi connectivity index (χ0v) is 15.5. The summed E-state index contributed by atoms with van der Waals surface area (Å²) in [4.78, 5) is 12.2. The molecule has 7 heteroatoms. The summed E-state index contributed by atoms with van der Waals surface area (Å²) in [6, 6.07) is 16.2. The molecule has 0 saturated heterocycles. The first-order valence-electron chi connectivity index (χ1n) is 7.76. The van der Waals surface area contributed by atoms with Gasteiger partial charge >= 0.3 is 0 Å². The Hall–Kier alpha value is -2.83. The lowest BCUT2D eigenvalue weighted by Gasteiger charge is -2.14. The first-order chi connectivity index (χ1) is 12.6. The van der Waals surface area contributed by atoms with E-state index in [0.717, 1.165) is 5.69 Å². The third-order valence-electron chi connectivity index (χ3n) is 3.67. The zero-order chi connectivity index (χ0) is 18.5. The molecular formula is C19H16ClN3O2S.